The summed E-state index contributed by atoms with van der Waals surface area (Å²) >= 11 is 1.74. The monoisotopic (exact) mass is 420 g/mol. The van der Waals surface area contributed by atoms with E-state index < -0.39 is 0 Å². The van der Waals surface area contributed by atoms with Crippen LogP contribution in [0.4, 0.5) is 0 Å². The molecule has 1 fully saturated rings. The number of hydrogen-bond acceptors (Lipinski definition) is 1. The highest BCUT2D eigenvalue weighted by Gasteiger charge is 2.15. The van der Waals surface area contributed by atoms with E-state index in [-0.39, 0.29) is 0 Å². The molecule has 0 aliphatic heterocycles. The molecule has 1 aliphatic rings. The lowest BCUT2D eigenvalue weighted by atomic mass is 9.84. The van der Waals surface area contributed by atoms with Gasteiger partial charge in [-0.1, -0.05) is 104 Å². The molecule has 1 aromatic rings. The van der Waals surface area contributed by atoms with Crippen molar-refractivity contribution in [1.29, 1.82) is 0 Å². The van der Waals surface area contributed by atoms with Gasteiger partial charge in [0, 0.05) is 4.91 Å². The van der Waals surface area contributed by atoms with E-state index in [1.165, 1.54) is 71.9 Å². The van der Waals surface area contributed by atoms with E-state index >= 15 is 0 Å². The third-order valence-electron chi connectivity index (χ3n) is 6.12. The van der Waals surface area contributed by atoms with Crippen molar-refractivity contribution in [3.8, 4) is 0 Å². The molecule has 0 bridgehead atoms. The molecule has 1 aromatic carbocycles. The highest BCUT2D eigenvalue weighted by molar-refractivity contribution is 8.10. The summed E-state index contributed by atoms with van der Waals surface area (Å²) in [4.78, 5) is 1.10. The highest BCUT2D eigenvalue weighted by atomic mass is 32.2. The Hall–Kier alpha value is -1.73. The minimum Gasteiger partial charge on any atom is -0.0978 e. The summed E-state index contributed by atoms with van der Waals surface area (Å²) in [6.07, 6.45) is 11.9. The molecular formula is C29H40S. The Morgan fingerprint density at radius 1 is 1.00 bits per heavy atom. The molecule has 0 unspecified atom stereocenters. The minimum atomic E-state index is 0.894. The van der Waals surface area contributed by atoms with Gasteiger partial charge in [-0.2, -0.15) is 0 Å². The van der Waals surface area contributed by atoms with Crippen LogP contribution in [0.2, 0.25) is 0 Å². The van der Waals surface area contributed by atoms with Gasteiger partial charge < -0.3 is 0 Å². The topological polar surface area (TPSA) is 0 Å². The molecule has 0 aromatic heterocycles. The van der Waals surface area contributed by atoms with Gasteiger partial charge in [-0.25, -0.2) is 0 Å². The number of thioether (sulfide) groups is 1. The molecule has 1 aliphatic carbocycles. The van der Waals surface area contributed by atoms with E-state index in [0.717, 1.165) is 22.8 Å². The van der Waals surface area contributed by atoms with Crippen LogP contribution in [0, 0.1) is 12.8 Å². The standard InChI is InChI=1S/C29H40S/c1-21(2)29(22(3)4)19-28(18-15-26-11-9-8-10-12-26)24(6)20-30-25(7)27-16-13-23(5)14-17-27/h13-14,16-17,19-20,26H,1,7-12,15,18H2,2-6H3/b24-20+,28-19+. The normalized spacial score (nSPS) is 15.8. The van der Waals surface area contributed by atoms with Crippen molar-refractivity contribution in [2.75, 3.05) is 0 Å². The molecule has 2 rings (SSSR count). The fourth-order valence-electron chi connectivity index (χ4n) is 4.13. The van der Waals surface area contributed by atoms with Crippen LogP contribution in [0.1, 0.15) is 83.8 Å². The fraction of sp³-hybridized carbons (Fsp3) is 0.448. The van der Waals surface area contributed by atoms with Crippen molar-refractivity contribution in [3.63, 3.8) is 0 Å². The smallest absolute Gasteiger partial charge is 0.0116 e. The number of aryl methyl sites for hydroxylation is 1. The molecular weight excluding hydrogens is 380 g/mol. The second kappa shape index (κ2) is 12.2. The Morgan fingerprint density at radius 2 is 1.63 bits per heavy atom. The van der Waals surface area contributed by atoms with Crippen LogP contribution in [0.5, 0.6) is 0 Å². The van der Waals surface area contributed by atoms with Crippen molar-refractivity contribution >= 4 is 16.7 Å². The van der Waals surface area contributed by atoms with Gasteiger partial charge in [0.2, 0.25) is 0 Å². The lowest BCUT2D eigenvalue weighted by Crippen LogP contribution is -2.06. The van der Waals surface area contributed by atoms with Crippen molar-refractivity contribution in [1.82, 2.24) is 0 Å². The van der Waals surface area contributed by atoms with Crippen LogP contribution in [0.25, 0.3) is 4.91 Å². The third-order valence-corrected chi connectivity index (χ3v) is 7.11. The average molecular weight is 421 g/mol. The predicted octanol–water partition coefficient (Wildman–Crippen LogP) is 9.80. The molecule has 0 radical (unpaired) electrons. The maximum atomic E-state index is 4.30. The number of hydrogen-bond donors (Lipinski definition) is 0. The van der Waals surface area contributed by atoms with E-state index in [1.807, 2.05) is 0 Å². The van der Waals surface area contributed by atoms with Gasteiger partial charge in [0.05, 0.1) is 0 Å². The second-order valence-corrected chi connectivity index (χ2v) is 10.1. The average Bonchev–Trinajstić information content (AvgIpc) is 2.72. The van der Waals surface area contributed by atoms with Crippen LogP contribution in [-0.2, 0) is 0 Å². The SMILES string of the molecule is C=C(C)C(/C=C(CCC1CCCCC1)/C(C)=C/SC(=C)c1ccc(C)cc1)=C(C)C. The number of rotatable bonds is 9. The zero-order valence-electron chi connectivity index (χ0n) is 19.8. The van der Waals surface area contributed by atoms with E-state index in [1.54, 1.807) is 11.8 Å². The van der Waals surface area contributed by atoms with Crippen molar-refractivity contribution in [2.24, 2.45) is 5.92 Å². The van der Waals surface area contributed by atoms with E-state index in [0.29, 0.717) is 0 Å². The summed E-state index contributed by atoms with van der Waals surface area (Å²) in [6, 6.07) is 8.63. The molecule has 162 valence electrons. The zero-order chi connectivity index (χ0) is 22.1. The lowest BCUT2D eigenvalue weighted by molar-refractivity contribution is 0.339. The second-order valence-electron chi connectivity index (χ2n) is 9.11. The Kier molecular flexibility index (Phi) is 9.98. The van der Waals surface area contributed by atoms with E-state index in [4.69, 9.17) is 0 Å². The first-order chi connectivity index (χ1) is 14.3. The van der Waals surface area contributed by atoms with E-state index in [9.17, 15) is 0 Å². The summed E-state index contributed by atoms with van der Waals surface area (Å²) in [5.74, 6) is 0.894. The largest absolute Gasteiger partial charge is 0.0978 e. The molecule has 1 heteroatoms. The lowest BCUT2D eigenvalue weighted by Gasteiger charge is -2.22. The first kappa shape index (κ1) is 24.5. The van der Waals surface area contributed by atoms with Crippen LogP contribution in [0.3, 0.4) is 0 Å². The first-order valence-electron chi connectivity index (χ1n) is 11.4. The van der Waals surface area contributed by atoms with Gasteiger partial charge in [-0.3, -0.25) is 0 Å². The van der Waals surface area contributed by atoms with Gasteiger partial charge in [0.1, 0.15) is 0 Å². The summed E-state index contributed by atoms with van der Waals surface area (Å²) in [6.45, 7) is 19.4. The molecule has 0 N–H and O–H groups in total. The molecule has 30 heavy (non-hydrogen) atoms. The van der Waals surface area contributed by atoms with Crippen LogP contribution in [-0.4, -0.2) is 0 Å². The maximum Gasteiger partial charge on any atom is 0.0116 e. The molecule has 0 spiro atoms. The first-order valence-corrected chi connectivity index (χ1v) is 12.3. The summed E-state index contributed by atoms with van der Waals surface area (Å²) in [5.41, 5.74) is 9.06. The van der Waals surface area contributed by atoms with E-state index in [2.05, 4.69) is 83.5 Å². The molecule has 0 atom stereocenters. The van der Waals surface area contributed by atoms with Gasteiger partial charge in [-0.05, 0) is 81.1 Å². The highest BCUT2D eigenvalue weighted by Crippen LogP contribution is 2.34. The maximum absolute atomic E-state index is 4.30. The van der Waals surface area contributed by atoms with Crippen molar-refractivity contribution in [2.45, 2.75) is 79.6 Å². The molecule has 0 nitrogen and oxygen atoms in total. The third kappa shape index (κ3) is 7.84. The molecule has 0 amide bonds. The Balaban J connectivity index is 2.19. The zero-order valence-corrected chi connectivity index (χ0v) is 20.6. The summed E-state index contributed by atoms with van der Waals surface area (Å²) < 4.78 is 0. The number of allylic oxidation sites excluding steroid dienone is 6. The van der Waals surface area contributed by atoms with Crippen LogP contribution in [0.15, 0.2) is 76.8 Å². The Labute approximate surface area is 189 Å². The quantitative estimate of drug-likeness (QED) is 0.358. The molecule has 0 heterocycles. The fourth-order valence-corrected chi connectivity index (χ4v) is 4.87. The van der Waals surface area contributed by atoms with Crippen LogP contribution < -0.4 is 0 Å². The Morgan fingerprint density at radius 3 is 2.20 bits per heavy atom. The van der Waals surface area contributed by atoms with Gasteiger partial charge in [0.25, 0.3) is 0 Å². The molecule has 0 saturated heterocycles. The summed E-state index contributed by atoms with van der Waals surface area (Å²) in [7, 11) is 0. The van der Waals surface area contributed by atoms with Crippen molar-refractivity contribution < 1.29 is 0 Å². The summed E-state index contributed by atoms with van der Waals surface area (Å²) in [5, 5.41) is 2.29. The minimum absolute atomic E-state index is 0.894. The van der Waals surface area contributed by atoms with Gasteiger partial charge in [-0.15, -0.1) is 0 Å². The van der Waals surface area contributed by atoms with Gasteiger partial charge in [0.15, 0.2) is 0 Å². The van der Waals surface area contributed by atoms with Crippen LogP contribution >= 0.6 is 11.8 Å². The number of benzene rings is 1. The predicted molar refractivity (Wildman–Crippen MR) is 139 cm³/mol. The van der Waals surface area contributed by atoms with Crippen molar-refractivity contribution in [3.05, 3.63) is 87.9 Å². The van der Waals surface area contributed by atoms with Gasteiger partial charge >= 0.3 is 0 Å². The Bertz CT molecular complexity index is 820. The molecule has 1 saturated carbocycles.